The molecule has 0 spiro atoms. The molecule has 1 aromatic carbocycles. The van der Waals surface area contributed by atoms with Crippen LogP contribution in [0.2, 0.25) is 0 Å². The van der Waals surface area contributed by atoms with Crippen molar-refractivity contribution in [3.05, 3.63) is 23.8 Å². The minimum atomic E-state index is -0.144. The Bertz CT molecular complexity index is 332. The van der Waals surface area contributed by atoms with Crippen LogP contribution in [0.4, 0.5) is 0 Å². The maximum Gasteiger partial charge on any atom is 0.231 e. The van der Waals surface area contributed by atoms with Gasteiger partial charge in [0, 0.05) is 12.6 Å². The van der Waals surface area contributed by atoms with Crippen molar-refractivity contribution in [3.8, 4) is 11.5 Å². The van der Waals surface area contributed by atoms with E-state index in [-0.39, 0.29) is 31.8 Å². The van der Waals surface area contributed by atoms with E-state index < -0.39 is 0 Å². The van der Waals surface area contributed by atoms with Gasteiger partial charge in [0.15, 0.2) is 11.5 Å². The number of benzene rings is 1. The zero-order valence-electron chi connectivity index (χ0n) is 8.18. The Kier molecular flexibility index (Phi) is 4.20. The number of aliphatic hydroxyl groups is 1. The van der Waals surface area contributed by atoms with Crippen LogP contribution in [0.1, 0.15) is 18.0 Å². The summed E-state index contributed by atoms with van der Waals surface area (Å²) in [6.07, 6.45) is 0.555. The van der Waals surface area contributed by atoms with Crippen LogP contribution in [0.15, 0.2) is 18.2 Å². The van der Waals surface area contributed by atoms with E-state index in [9.17, 15) is 0 Å². The van der Waals surface area contributed by atoms with Gasteiger partial charge in [0.05, 0.1) is 0 Å². The molecule has 1 heterocycles. The molecule has 1 aliphatic heterocycles. The molecule has 0 saturated heterocycles. The van der Waals surface area contributed by atoms with E-state index in [1.165, 1.54) is 0 Å². The highest BCUT2D eigenvalue weighted by Crippen LogP contribution is 2.34. The number of hydrogen-bond donors (Lipinski definition) is 2. The second-order valence-corrected chi connectivity index (χ2v) is 3.23. The zero-order valence-corrected chi connectivity index (χ0v) is 9.00. The average Bonchev–Trinajstić information content (AvgIpc) is 2.64. The lowest BCUT2D eigenvalue weighted by atomic mass is 10.0. The lowest BCUT2D eigenvalue weighted by molar-refractivity contribution is 0.174. The molecule has 0 fully saturated rings. The molecule has 0 amide bonds. The minimum Gasteiger partial charge on any atom is -0.454 e. The van der Waals surface area contributed by atoms with Crippen molar-refractivity contribution in [1.82, 2.24) is 0 Å². The van der Waals surface area contributed by atoms with Gasteiger partial charge in [-0.3, -0.25) is 0 Å². The summed E-state index contributed by atoms with van der Waals surface area (Å²) >= 11 is 0. The van der Waals surface area contributed by atoms with E-state index in [1.54, 1.807) is 0 Å². The van der Waals surface area contributed by atoms with Gasteiger partial charge in [0.2, 0.25) is 6.79 Å². The molecule has 15 heavy (non-hydrogen) atoms. The maximum atomic E-state index is 8.76. The smallest absolute Gasteiger partial charge is 0.231 e. The average molecular weight is 232 g/mol. The Morgan fingerprint density at radius 1 is 1.33 bits per heavy atom. The highest BCUT2D eigenvalue weighted by Gasteiger charge is 2.15. The fourth-order valence-electron chi connectivity index (χ4n) is 1.45. The van der Waals surface area contributed by atoms with Crippen molar-refractivity contribution >= 4 is 12.4 Å². The fourth-order valence-corrected chi connectivity index (χ4v) is 1.45. The normalized spacial score (nSPS) is 14.5. The minimum absolute atomic E-state index is 0. The first-order chi connectivity index (χ1) is 6.81. The SMILES string of the molecule is Cl.NC(CCO)c1ccc2c(c1)OCO2. The van der Waals surface area contributed by atoms with Crippen LogP contribution in [0.5, 0.6) is 11.5 Å². The van der Waals surface area contributed by atoms with E-state index in [0.717, 1.165) is 17.1 Å². The monoisotopic (exact) mass is 231 g/mol. The predicted molar refractivity (Wildman–Crippen MR) is 58.4 cm³/mol. The van der Waals surface area contributed by atoms with Crippen LogP contribution in [0.25, 0.3) is 0 Å². The van der Waals surface area contributed by atoms with E-state index in [2.05, 4.69) is 0 Å². The van der Waals surface area contributed by atoms with Crippen LogP contribution in [0, 0.1) is 0 Å². The standard InChI is InChI=1S/C10H13NO3.ClH/c11-8(3-4-12)7-1-2-9-10(5-7)14-6-13-9;/h1-2,5,8,12H,3-4,6,11H2;1H. The number of rotatable bonds is 3. The Morgan fingerprint density at radius 2 is 2.07 bits per heavy atom. The second kappa shape index (κ2) is 5.21. The van der Waals surface area contributed by atoms with Gasteiger partial charge in [-0.25, -0.2) is 0 Å². The molecule has 2 rings (SSSR count). The summed E-state index contributed by atoms with van der Waals surface area (Å²) in [6, 6.07) is 5.46. The summed E-state index contributed by atoms with van der Waals surface area (Å²) in [5.41, 5.74) is 6.80. The Labute approximate surface area is 94.4 Å². The van der Waals surface area contributed by atoms with Crippen molar-refractivity contribution in [2.75, 3.05) is 13.4 Å². The molecule has 0 saturated carbocycles. The van der Waals surface area contributed by atoms with Crippen LogP contribution in [0.3, 0.4) is 0 Å². The van der Waals surface area contributed by atoms with E-state index in [0.29, 0.717) is 6.42 Å². The van der Waals surface area contributed by atoms with Crippen molar-refractivity contribution in [2.24, 2.45) is 5.73 Å². The number of fused-ring (bicyclic) bond motifs is 1. The zero-order chi connectivity index (χ0) is 9.97. The highest BCUT2D eigenvalue weighted by atomic mass is 35.5. The summed E-state index contributed by atoms with van der Waals surface area (Å²) in [6.45, 7) is 0.365. The number of hydrogen-bond acceptors (Lipinski definition) is 4. The topological polar surface area (TPSA) is 64.7 Å². The molecule has 5 heteroatoms. The second-order valence-electron chi connectivity index (χ2n) is 3.23. The molecule has 1 unspecified atom stereocenters. The first kappa shape index (κ1) is 12.1. The lowest BCUT2D eigenvalue weighted by Gasteiger charge is -2.10. The fraction of sp³-hybridized carbons (Fsp3) is 0.400. The van der Waals surface area contributed by atoms with E-state index >= 15 is 0 Å². The van der Waals surface area contributed by atoms with Gasteiger partial charge in [0.25, 0.3) is 0 Å². The molecule has 84 valence electrons. The molecule has 1 aliphatic rings. The molecule has 4 nitrogen and oxygen atoms in total. The Balaban J connectivity index is 0.00000112. The van der Waals surface area contributed by atoms with Crippen molar-refractivity contribution in [2.45, 2.75) is 12.5 Å². The molecule has 0 bridgehead atoms. The van der Waals surface area contributed by atoms with Crippen molar-refractivity contribution in [3.63, 3.8) is 0 Å². The molecule has 3 N–H and O–H groups in total. The molecular weight excluding hydrogens is 218 g/mol. The number of nitrogens with two attached hydrogens (primary N) is 1. The van der Waals surface area contributed by atoms with Crippen LogP contribution in [-0.4, -0.2) is 18.5 Å². The molecule has 0 aliphatic carbocycles. The largest absolute Gasteiger partial charge is 0.454 e. The Morgan fingerprint density at radius 3 is 2.80 bits per heavy atom. The first-order valence-corrected chi connectivity index (χ1v) is 4.57. The van der Waals surface area contributed by atoms with Gasteiger partial charge < -0.3 is 20.3 Å². The van der Waals surface area contributed by atoms with E-state index in [1.807, 2.05) is 18.2 Å². The molecule has 1 aromatic rings. The summed E-state index contributed by atoms with van der Waals surface area (Å²) in [5, 5.41) is 8.76. The molecule has 0 aromatic heterocycles. The van der Waals surface area contributed by atoms with Gasteiger partial charge in [-0.05, 0) is 24.1 Å². The third-order valence-electron chi connectivity index (χ3n) is 2.26. The van der Waals surface area contributed by atoms with Gasteiger partial charge in [-0.15, -0.1) is 12.4 Å². The van der Waals surface area contributed by atoms with Gasteiger partial charge >= 0.3 is 0 Å². The van der Waals surface area contributed by atoms with Gasteiger partial charge in [-0.1, -0.05) is 6.07 Å². The molecular formula is C10H14ClNO3. The predicted octanol–water partition coefficient (Wildman–Crippen LogP) is 1.22. The summed E-state index contributed by atoms with van der Waals surface area (Å²) in [4.78, 5) is 0. The van der Waals surface area contributed by atoms with E-state index in [4.69, 9.17) is 20.3 Å². The third-order valence-corrected chi connectivity index (χ3v) is 2.26. The summed E-state index contributed by atoms with van der Waals surface area (Å²) in [7, 11) is 0. The third kappa shape index (κ3) is 2.53. The van der Waals surface area contributed by atoms with Crippen molar-refractivity contribution < 1.29 is 14.6 Å². The number of halogens is 1. The lowest BCUT2D eigenvalue weighted by Crippen LogP contribution is -2.11. The summed E-state index contributed by atoms with van der Waals surface area (Å²) < 4.78 is 10.4. The van der Waals surface area contributed by atoms with Crippen LogP contribution < -0.4 is 15.2 Å². The van der Waals surface area contributed by atoms with Gasteiger partial charge in [-0.2, -0.15) is 0 Å². The number of aliphatic hydroxyl groups excluding tert-OH is 1. The summed E-state index contributed by atoms with van der Waals surface area (Å²) in [5.74, 6) is 1.49. The molecule has 0 radical (unpaired) electrons. The van der Waals surface area contributed by atoms with Crippen LogP contribution >= 0.6 is 12.4 Å². The quantitative estimate of drug-likeness (QED) is 0.821. The first-order valence-electron chi connectivity index (χ1n) is 4.57. The number of ether oxygens (including phenoxy) is 2. The Hall–Kier alpha value is -0.970. The van der Waals surface area contributed by atoms with Crippen LogP contribution in [-0.2, 0) is 0 Å². The highest BCUT2D eigenvalue weighted by molar-refractivity contribution is 5.85. The van der Waals surface area contributed by atoms with Gasteiger partial charge in [0.1, 0.15) is 0 Å². The molecule has 1 atom stereocenters. The maximum absolute atomic E-state index is 8.76. The van der Waals surface area contributed by atoms with Crippen molar-refractivity contribution in [1.29, 1.82) is 0 Å².